The van der Waals surface area contributed by atoms with Crippen LogP contribution in [0.1, 0.15) is 34.1 Å². The molecule has 2 N–H and O–H groups in total. The second-order valence-corrected chi connectivity index (χ2v) is 8.80. The molecule has 1 aromatic heterocycles. The number of halogens is 2. The fourth-order valence-corrected chi connectivity index (χ4v) is 4.65. The van der Waals surface area contributed by atoms with Gasteiger partial charge in [0.25, 0.3) is 0 Å². The molecule has 182 valence electrons. The number of rotatable bonds is 7. The Morgan fingerprint density at radius 3 is 2.69 bits per heavy atom. The summed E-state index contributed by atoms with van der Waals surface area (Å²) < 4.78 is 12.4. The number of ether oxygens (including phenoxy) is 2. The molecule has 1 saturated heterocycles. The zero-order valence-electron chi connectivity index (χ0n) is 18.9. The molecule has 3 aromatic carbocycles. The number of esters is 1. The predicted molar refractivity (Wildman–Crippen MR) is 137 cm³/mol. The van der Waals surface area contributed by atoms with Crippen molar-refractivity contribution in [2.75, 3.05) is 13.1 Å². The van der Waals surface area contributed by atoms with E-state index in [2.05, 4.69) is 51.1 Å². The van der Waals surface area contributed by atoms with Crippen molar-refractivity contribution in [3.05, 3.63) is 94.8 Å². The van der Waals surface area contributed by atoms with Crippen molar-refractivity contribution >= 4 is 40.7 Å². The minimum atomic E-state index is -0.619. The van der Waals surface area contributed by atoms with Crippen molar-refractivity contribution < 1.29 is 14.3 Å². The lowest BCUT2D eigenvalue weighted by molar-refractivity contribution is -0.0683. The Labute approximate surface area is 214 Å². The van der Waals surface area contributed by atoms with Gasteiger partial charge in [-0.05, 0) is 47.5 Å². The first-order valence-corrected chi connectivity index (χ1v) is 11.7. The Balaban J connectivity index is 0.00000289. The van der Waals surface area contributed by atoms with Crippen LogP contribution in [0.2, 0.25) is 5.02 Å². The number of nitrogens with zero attached hydrogens (tertiary/aromatic N) is 2. The van der Waals surface area contributed by atoms with E-state index in [0.29, 0.717) is 29.4 Å². The second kappa shape index (κ2) is 11.6. The fourth-order valence-electron chi connectivity index (χ4n) is 4.43. The Bertz CT molecular complexity index is 1270. The molecule has 3 unspecified atom stereocenters. The first kappa shape index (κ1) is 25.1. The second-order valence-electron chi connectivity index (χ2n) is 8.39. The summed E-state index contributed by atoms with van der Waals surface area (Å²) in [6.07, 6.45) is 1.62. The van der Waals surface area contributed by atoms with Gasteiger partial charge in [0.2, 0.25) is 0 Å². The van der Waals surface area contributed by atoms with Crippen LogP contribution in [0.3, 0.4) is 0 Å². The Morgan fingerprint density at radius 2 is 1.89 bits per heavy atom. The van der Waals surface area contributed by atoms with Gasteiger partial charge in [-0.15, -0.1) is 17.5 Å². The van der Waals surface area contributed by atoms with Crippen LogP contribution in [0, 0.1) is 5.92 Å². The van der Waals surface area contributed by atoms with Gasteiger partial charge in [-0.3, -0.25) is 5.10 Å². The highest BCUT2D eigenvalue weighted by Crippen LogP contribution is 2.34. The molecule has 4 aromatic rings. The lowest BCUT2D eigenvalue weighted by Gasteiger charge is -2.36. The molecule has 0 aliphatic carbocycles. The van der Waals surface area contributed by atoms with Gasteiger partial charge in [0.1, 0.15) is 5.69 Å². The number of nitrogens with one attached hydrogen (secondary N) is 2. The first-order chi connectivity index (χ1) is 16.7. The molecule has 0 radical (unpaired) electrons. The third kappa shape index (κ3) is 5.82. The van der Waals surface area contributed by atoms with Crippen molar-refractivity contribution in [2.45, 2.75) is 25.2 Å². The Morgan fingerprint density at radius 1 is 1.09 bits per heavy atom. The molecule has 0 bridgehead atoms. The zero-order chi connectivity index (χ0) is 23.3. The number of H-pyrrole nitrogens is 1. The summed E-state index contributed by atoms with van der Waals surface area (Å²) in [4.78, 5) is 13.0. The summed E-state index contributed by atoms with van der Waals surface area (Å²) in [5, 5.41) is 16.8. The molecular formula is C26H26Cl2N4O3. The van der Waals surface area contributed by atoms with Crippen molar-refractivity contribution in [3.63, 3.8) is 0 Å². The Hall–Kier alpha value is -2.97. The number of aromatic amines is 1. The fraction of sp³-hybridized carbons (Fsp3) is 0.269. The van der Waals surface area contributed by atoms with Gasteiger partial charge in [-0.25, -0.2) is 4.79 Å². The van der Waals surface area contributed by atoms with E-state index in [1.165, 1.54) is 10.8 Å². The molecule has 9 heteroatoms. The van der Waals surface area contributed by atoms with E-state index in [9.17, 15) is 4.79 Å². The van der Waals surface area contributed by atoms with Crippen LogP contribution < -0.4 is 5.32 Å². The van der Waals surface area contributed by atoms with Gasteiger partial charge >= 0.3 is 5.97 Å². The van der Waals surface area contributed by atoms with Crippen LogP contribution in [0.25, 0.3) is 10.8 Å². The number of hydrogen-bond acceptors (Lipinski definition) is 6. The largest absolute Gasteiger partial charge is 0.452 e. The molecule has 0 spiro atoms. The van der Waals surface area contributed by atoms with Crippen LogP contribution in [-0.2, 0) is 16.1 Å². The smallest absolute Gasteiger partial charge is 0.340 e. The number of carbonyl (C=O) groups excluding carboxylic acids is 1. The van der Waals surface area contributed by atoms with Crippen molar-refractivity contribution in [1.82, 2.24) is 20.7 Å². The van der Waals surface area contributed by atoms with Crippen molar-refractivity contribution in [2.24, 2.45) is 5.92 Å². The highest BCUT2D eigenvalue weighted by atomic mass is 35.5. The Kier molecular flexibility index (Phi) is 8.36. The lowest BCUT2D eigenvalue weighted by atomic mass is 9.87. The first-order valence-electron chi connectivity index (χ1n) is 11.3. The average Bonchev–Trinajstić information content (AvgIpc) is 3.41. The molecule has 35 heavy (non-hydrogen) atoms. The van der Waals surface area contributed by atoms with Gasteiger partial charge in [-0.2, -0.15) is 0 Å². The number of carbonyl (C=O) groups is 1. The lowest BCUT2D eigenvalue weighted by Crippen LogP contribution is -2.45. The monoisotopic (exact) mass is 512 g/mol. The van der Waals surface area contributed by atoms with E-state index in [-0.39, 0.29) is 24.4 Å². The summed E-state index contributed by atoms with van der Waals surface area (Å²) >= 11 is 6.23. The normalized spacial score (nSPS) is 18.5. The maximum Gasteiger partial charge on any atom is 0.340 e. The topological polar surface area (TPSA) is 89.1 Å². The summed E-state index contributed by atoms with van der Waals surface area (Å²) in [7, 11) is 0. The molecule has 7 nitrogen and oxygen atoms in total. The molecular weight excluding hydrogens is 487 g/mol. The van der Waals surface area contributed by atoms with Crippen molar-refractivity contribution in [3.8, 4) is 0 Å². The average molecular weight is 513 g/mol. The van der Waals surface area contributed by atoms with Crippen LogP contribution in [0.4, 0.5) is 0 Å². The van der Waals surface area contributed by atoms with Gasteiger partial charge in [0, 0.05) is 18.7 Å². The maximum absolute atomic E-state index is 13.0. The summed E-state index contributed by atoms with van der Waals surface area (Å²) in [5.41, 5.74) is 1.97. The van der Waals surface area contributed by atoms with Crippen LogP contribution >= 0.6 is 24.0 Å². The minimum Gasteiger partial charge on any atom is -0.452 e. The number of benzene rings is 3. The van der Waals surface area contributed by atoms with Gasteiger partial charge in [-0.1, -0.05) is 65.3 Å². The highest BCUT2D eigenvalue weighted by molar-refractivity contribution is 6.33. The third-order valence-corrected chi connectivity index (χ3v) is 6.53. The number of fused-ring (bicyclic) bond motifs is 1. The number of aromatic nitrogens is 3. The minimum absolute atomic E-state index is 0. The molecule has 1 aliphatic heterocycles. The maximum atomic E-state index is 13.0. The van der Waals surface area contributed by atoms with Crippen LogP contribution in [0.15, 0.2) is 72.9 Å². The van der Waals surface area contributed by atoms with Crippen LogP contribution in [0.5, 0.6) is 0 Å². The van der Waals surface area contributed by atoms with E-state index in [4.69, 9.17) is 21.1 Å². The van der Waals surface area contributed by atoms with Crippen molar-refractivity contribution in [1.29, 1.82) is 0 Å². The molecule has 1 aliphatic rings. The molecule has 2 heterocycles. The van der Waals surface area contributed by atoms with E-state index in [0.717, 1.165) is 18.5 Å². The quantitative estimate of drug-likeness (QED) is 0.334. The SMILES string of the molecule is Cl.O=C(OC(c1c[nH]nn1)C1CCNCC1OCc1ccc2ccccc2c1)c1ccccc1Cl. The van der Waals surface area contributed by atoms with Gasteiger partial charge in [0.15, 0.2) is 6.10 Å². The molecule has 0 saturated carbocycles. The van der Waals surface area contributed by atoms with E-state index in [1.54, 1.807) is 30.5 Å². The number of piperidine rings is 1. The summed E-state index contributed by atoms with van der Waals surface area (Å²) in [6.45, 7) is 1.90. The van der Waals surface area contributed by atoms with E-state index < -0.39 is 12.1 Å². The summed E-state index contributed by atoms with van der Waals surface area (Å²) in [6, 6.07) is 21.4. The van der Waals surface area contributed by atoms with Crippen LogP contribution in [-0.4, -0.2) is 40.6 Å². The molecule has 3 atom stereocenters. The predicted octanol–water partition coefficient (Wildman–Crippen LogP) is 5.13. The van der Waals surface area contributed by atoms with Gasteiger partial charge < -0.3 is 14.8 Å². The zero-order valence-corrected chi connectivity index (χ0v) is 20.5. The number of hydrogen-bond donors (Lipinski definition) is 2. The standard InChI is InChI=1S/C26H25ClN4O3.ClH/c27-22-8-4-3-7-20(22)26(32)34-25(23-14-29-31-30-23)21-11-12-28-15-24(21)33-16-17-9-10-18-5-1-2-6-19(18)13-17;/h1-10,13-14,21,24-25,28H,11-12,15-16H2,(H,29,30,31);1H. The molecule has 0 amide bonds. The third-order valence-electron chi connectivity index (χ3n) is 6.20. The highest BCUT2D eigenvalue weighted by Gasteiger charge is 2.38. The van der Waals surface area contributed by atoms with E-state index >= 15 is 0 Å². The summed E-state index contributed by atoms with van der Waals surface area (Å²) in [5.74, 6) is -0.594. The molecule has 1 fully saturated rings. The van der Waals surface area contributed by atoms with E-state index in [1.807, 2.05) is 12.1 Å². The molecule has 5 rings (SSSR count). The van der Waals surface area contributed by atoms with Gasteiger partial charge in [0.05, 0.1) is 23.3 Å².